The Balaban J connectivity index is 1.71. The van der Waals surface area contributed by atoms with Crippen LogP contribution >= 0.6 is 0 Å². The lowest BCUT2D eigenvalue weighted by molar-refractivity contribution is 0.194. The van der Waals surface area contributed by atoms with Crippen molar-refractivity contribution in [3.8, 4) is 11.5 Å². The lowest BCUT2D eigenvalue weighted by Gasteiger charge is -2.13. The van der Waals surface area contributed by atoms with Crippen molar-refractivity contribution in [1.82, 2.24) is 5.32 Å². The first kappa shape index (κ1) is 17.3. The lowest BCUT2D eigenvalue weighted by Crippen LogP contribution is -2.17. The van der Waals surface area contributed by atoms with Crippen molar-refractivity contribution >= 4 is 0 Å². The molecule has 0 saturated heterocycles. The number of nitrogens with one attached hydrogen (secondary N) is 1. The summed E-state index contributed by atoms with van der Waals surface area (Å²) in [5.41, 5.74) is 1.16. The Labute approximate surface area is 138 Å². The smallest absolute Gasteiger partial charge is 0.123 e. The number of benzene rings is 2. The summed E-state index contributed by atoms with van der Waals surface area (Å²) >= 11 is 0. The van der Waals surface area contributed by atoms with Crippen LogP contribution in [-0.2, 0) is 11.3 Å². The van der Waals surface area contributed by atoms with E-state index in [1.54, 1.807) is 7.11 Å². The molecule has 0 aliphatic carbocycles. The monoisotopic (exact) mass is 315 g/mol. The van der Waals surface area contributed by atoms with Crippen LogP contribution in [0.2, 0.25) is 0 Å². The molecule has 0 spiro atoms. The van der Waals surface area contributed by atoms with Crippen molar-refractivity contribution in [2.75, 3.05) is 33.5 Å². The number of rotatable bonds is 11. The molecule has 0 aromatic heterocycles. The van der Waals surface area contributed by atoms with Crippen LogP contribution in [0.3, 0.4) is 0 Å². The highest BCUT2D eigenvalue weighted by Gasteiger charge is 2.02. The Bertz CT molecular complexity index is 545. The van der Waals surface area contributed by atoms with Gasteiger partial charge in [-0.15, -0.1) is 0 Å². The van der Waals surface area contributed by atoms with E-state index in [0.717, 1.165) is 43.2 Å². The summed E-state index contributed by atoms with van der Waals surface area (Å²) in [5.74, 6) is 1.77. The maximum atomic E-state index is 5.85. The molecule has 4 heteroatoms. The van der Waals surface area contributed by atoms with Gasteiger partial charge in [0.15, 0.2) is 0 Å². The minimum atomic E-state index is 0.523. The minimum Gasteiger partial charge on any atom is -0.490 e. The van der Waals surface area contributed by atoms with Crippen LogP contribution in [0.1, 0.15) is 12.0 Å². The van der Waals surface area contributed by atoms with Gasteiger partial charge in [0.1, 0.15) is 24.7 Å². The molecule has 1 N–H and O–H groups in total. The maximum absolute atomic E-state index is 5.85. The van der Waals surface area contributed by atoms with E-state index in [1.807, 2.05) is 48.5 Å². The summed E-state index contributed by atoms with van der Waals surface area (Å²) in [6, 6.07) is 17.9. The maximum Gasteiger partial charge on any atom is 0.123 e. The van der Waals surface area contributed by atoms with Crippen molar-refractivity contribution in [2.45, 2.75) is 13.0 Å². The highest BCUT2D eigenvalue weighted by atomic mass is 16.5. The molecule has 0 bridgehead atoms. The van der Waals surface area contributed by atoms with Gasteiger partial charge < -0.3 is 19.5 Å². The van der Waals surface area contributed by atoms with E-state index in [4.69, 9.17) is 14.2 Å². The van der Waals surface area contributed by atoms with E-state index in [1.165, 1.54) is 0 Å². The first-order valence-corrected chi connectivity index (χ1v) is 7.98. The van der Waals surface area contributed by atoms with Crippen LogP contribution in [-0.4, -0.2) is 33.5 Å². The highest BCUT2D eigenvalue weighted by molar-refractivity contribution is 5.33. The number of ether oxygens (including phenoxy) is 3. The third-order valence-electron chi connectivity index (χ3n) is 3.34. The fourth-order valence-corrected chi connectivity index (χ4v) is 2.18. The molecular formula is C19H25NO3. The normalized spacial score (nSPS) is 10.5. The van der Waals surface area contributed by atoms with Crippen LogP contribution in [0.4, 0.5) is 0 Å². The Hall–Kier alpha value is -2.04. The molecular weight excluding hydrogens is 290 g/mol. The van der Waals surface area contributed by atoms with Crippen molar-refractivity contribution in [1.29, 1.82) is 0 Å². The highest BCUT2D eigenvalue weighted by Crippen LogP contribution is 2.17. The molecule has 2 aromatic carbocycles. The minimum absolute atomic E-state index is 0.523. The van der Waals surface area contributed by atoms with Gasteiger partial charge in [0.2, 0.25) is 0 Å². The second-order valence-corrected chi connectivity index (χ2v) is 5.14. The molecule has 23 heavy (non-hydrogen) atoms. The zero-order valence-corrected chi connectivity index (χ0v) is 13.7. The second-order valence-electron chi connectivity index (χ2n) is 5.14. The standard InChI is InChI=1S/C19H25NO3/c1-21-13-7-12-20-16-17-8-5-6-11-19(17)23-15-14-22-18-9-3-2-4-10-18/h2-6,8-11,20H,7,12-16H2,1H3. The molecule has 4 nitrogen and oxygen atoms in total. The molecule has 2 aromatic rings. The molecule has 0 fully saturated rings. The second kappa shape index (κ2) is 10.6. The van der Waals surface area contributed by atoms with Gasteiger partial charge >= 0.3 is 0 Å². The fraction of sp³-hybridized carbons (Fsp3) is 0.368. The molecule has 0 saturated carbocycles. The third-order valence-corrected chi connectivity index (χ3v) is 3.34. The Morgan fingerprint density at radius 1 is 0.826 bits per heavy atom. The van der Waals surface area contributed by atoms with E-state index in [2.05, 4.69) is 11.4 Å². The molecule has 0 unspecified atom stereocenters. The molecule has 0 aliphatic heterocycles. The Morgan fingerprint density at radius 2 is 1.57 bits per heavy atom. The zero-order chi connectivity index (χ0) is 16.2. The largest absolute Gasteiger partial charge is 0.490 e. The zero-order valence-electron chi connectivity index (χ0n) is 13.7. The number of methoxy groups -OCH3 is 1. The van der Waals surface area contributed by atoms with E-state index < -0.39 is 0 Å². The molecule has 0 atom stereocenters. The summed E-state index contributed by atoms with van der Waals surface area (Å²) in [6.45, 7) is 3.55. The van der Waals surface area contributed by atoms with Crippen LogP contribution < -0.4 is 14.8 Å². The SMILES string of the molecule is COCCCNCc1ccccc1OCCOc1ccccc1. The van der Waals surface area contributed by atoms with Gasteiger partial charge in [-0.1, -0.05) is 36.4 Å². The number of para-hydroxylation sites is 2. The van der Waals surface area contributed by atoms with Crippen LogP contribution in [0.5, 0.6) is 11.5 Å². The number of hydrogen-bond donors (Lipinski definition) is 1. The average Bonchev–Trinajstić information content (AvgIpc) is 2.60. The molecule has 0 aliphatic rings. The molecule has 124 valence electrons. The predicted molar refractivity (Wildman–Crippen MR) is 92.1 cm³/mol. The predicted octanol–water partition coefficient (Wildman–Crippen LogP) is 3.27. The van der Waals surface area contributed by atoms with E-state index in [9.17, 15) is 0 Å². The summed E-state index contributed by atoms with van der Waals surface area (Å²) in [7, 11) is 1.72. The summed E-state index contributed by atoms with van der Waals surface area (Å²) in [6.07, 6.45) is 1.00. The first-order valence-electron chi connectivity index (χ1n) is 7.98. The van der Waals surface area contributed by atoms with Gasteiger partial charge in [0, 0.05) is 25.8 Å². The van der Waals surface area contributed by atoms with Crippen LogP contribution in [0, 0.1) is 0 Å². The van der Waals surface area contributed by atoms with Gasteiger partial charge in [0.25, 0.3) is 0 Å². The topological polar surface area (TPSA) is 39.7 Å². The summed E-state index contributed by atoms with van der Waals surface area (Å²) in [4.78, 5) is 0. The molecule has 0 amide bonds. The number of hydrogen-bond acceptors (Lipinski definition) is 4. The summed E-state index contributed by atoms with van der Waals surface area (Å²) in [5, 5.41) is 3.40. The summed E-state index contributed by atoms with van der Waals surface area (Å²) < 4.78 is 16.5. The van der Waals surface area contributed by atoms with Crippen LogP contribution in [0.15, 0.2) is 54.6 Å². The van der Waals surface area contributed by atoms with Gasteiger partial charge in [-0.25, -0.2) is 0 Å². The average molecular weight is 315 g/mol. The third kappa shape index (κ3) is 6.72. The van der Waals surface area contributed by atoms with E-state index >= 15 is 0 Å². The first-order chi connectivity index (χ1) is 11.4. The van der Waals surface area contributed by atoms with E-state index in [-0.39, 0.29) is 0 Å². The molecule has 0 heterocycles. The van der Waals surface area contributed by atoms with Gasteiger partial charge in [-0.2, -0.15) is 0 Å². The van der Waals surface area contributed by atoms with Crippen molar-refractivity contribution in [3.05, 3.63) is 60.2 Å². The van der Waals surface area contributed by atoms with Crippen molar-refractivity contribution in [2.24, 2.45) is 0 Å². The van der Waals surface area contributed by atoms with Gasteiger partial charge in [0.05, 0.1) is 0 Å². The van der Waals surface area contributed by atoms with Crippen molar-refractivity contribution < 1.29 is 14.2 Å². The van der Waals surface area contributed by atoms with Crippen molar-refractivity contribution in [3.63, 3.8) is 0 Å². The lowest BCUT2D eigenvalue weighted by atomic mass is 10.2. The quantitative estimate of drug-likeness (QED) is 0.646. The van der Waals surface area contributed by atoms with Crippen LogP contribution in [0.25, 0.3) is 0 Å². The molecule has 0 radical (unpaired) electrons. The van der Waals surface area contributed by atoms with Gasteiger partial charge in [-0.05, 0) is 31.2 Å². The Morgan fingerprint density at radius 3 is 2.39 bits per heavy atom. The Kier molecular flexibility index (Phi) is 8.02. The van der Waals surface area contributed by atoms with E-state index in [0.29, 0.717) is 13.2 Å². The fourth-order valence-electron chi connectivity index (χ4n) is 2.18. The van der Waals surface area contributed by atoms with Gasteiger partial charge in [-0.3, -0.25) is 0 Å². The molecule has 2 rings (SSSR count).